The largest absolute Gasteiger partial charge is 0.295 e. The molecule has 2 aromatic rings. The van der Waals surface area contributed by atoms with Crippen LogP contribution in [0.25, 0.3) is 0 Å². The molecule has 1 heterocycles. The number of anilines is 1. The summed E-state index contributed by atoms with van der Waals surface area (Å²) < 4.78 is 0.933. The second-order valence-electron chi connectivity index (χ2n) is 4.76. The molecule has 1 aliphatic rings. The molecular formula is C15H11BrN2O3S. The Bertz CT molecular complexity index is 736. The highest BCUT2D eigenvalue weighted by Gasteiger charge is 2.34. The molecule has 1 fully saturated rings. The molecule has 22 heavy (non-hydrogen) atoms. The second-order valence-corrected chi connectivity index (χ2v) is 6.74. The fourth-order valence-electron chi connectivity index (χ4n) is 2.34. The number of nitrogens with zero attached hydrogens (tertiary/aromatic N) is 2. The molecule has 0 radical (unpaired) electrons. The van der Waals surface area contributed by atoms with E-state index in [2.05, 4.69) is 15.9 Å². The first-order valence-corrected chi connectivity index (χ1v) is 8.34. The fraction of sp³-hybridized carbons (Fsp3) is 0.133. The lowest BCUT2D eigenvalue weighted by Crippen LogP contribution is -2.27. The van der Waals surface area contributed by atoms with Crippen LogP contribution < -0.4 is 4.90 Å². The van der Waals surface area contributed by atoms with Crippen LogP contribution in [0.1, 0.15) is 10.9 Å². The molecule has 1 amide bonds. The minimum atomic E-state index is -0.422. The summed E-state index contributed by atoms with van der Waals surface area (Å²) in [4.78, 5) is 24.4. The topological polar surface area (TPSA) is 63.4 Å². The molecular weight excluding hydrogens is 368 g/mol. The maximum absolute atomic E-state index is 12.2. The van der Waals surface area contributed by atoms with Gasteiger partial charge in [0, 0.05) is 22.3 Å². The van der Waals surface area contributed by atoms with Crippen molar-refractivity contribution in [1.29, 1.82) is 0 Å². The highest BCUT2D eigenvalue weighted by Crippen LogP contribution is 2.42. The number of carbonyl (C=O) groups is 1. The molecule has 0 bridgehead atoms. The van der Waals surface area contributed by atoms with Gasteiger partial charge in [-0.15, -0.1) is 11.8 Å². The number of benzene rings is 2. The smallest absolute Gasteiger partial charge is 0.269 e. The maximum Gasteiger partial charge on any atom is 0.269 e. The van der Waals surface area contributed by atoms with Crippen molar-refractivity contribution in [1.82, 2.24) is 0 Å². The summed E-state index contributed by atoms with van der Waals surface area (Å²) in [5.41, 5.74) is 1.58. The molecule has 0 spiro atoms. The summed E-state index contributed by atoms with van der Waals surface area (Å²) >= 11 is 4.84. The predicted octanol–water partition coefficient (Wildman–Crippen LogP) is 4.14. The van der Waals surface area contributed by atoms with Crippen LogP contribution in [-0.2, 0) is 4.79 Å². The van der Waals surface area contributed by atoms with Crippen LogP contribution >= 0.6 is 27.7 Å². The number of non-ortho nitro benzene ring substituents is 1. The van der Waals surface area contributed by atoms with Crippen molar-refractivity contribution in [3.8, 4) is 0 Å². The molecule has 1 atom stereocenters. The van der Waals surface area contributed by atoms with Gasteiger partial charge >= 0.3 is 0 Å². The number of hydrogen-bond acceptors (Lipinski definition) is 4. The minimum absolute atomic E-state index is 0.00354. The Morgan fingerprint density at radius 3 is 2.64 bits per heavy atom. The fourth-order valence-corrected chi connectivity index (χ4v) is 3.77. The first-order chi connectivity index (χ1) is 10.6. The van der Waals surface area contributed by atoms with Crippen LogP contribution in [0.5, 0.6) is 0 Å². The van der Waals surface area contributed by atoms with Crippen molar-refractivity contribution >= 4 is 45.0 Å². The summed E-state index contributed by atoms with van der Waals surface area (Å²) in [6, 6.07) is 13.9. The summed E-state index contributed by atoms with van der Waals surface area (Å²) in [5.74, 6) is 0.368. The molecule has 112 valence electrons. The number of carbonyl (C=O) groups excluding carboxylic acids is 1. The number of nitro benzene ring substituents is 1. The van der Waals surface area contributed by atoms with E-state index in [0.29, 0.717) is 5.75 Å². The maximum atomic E-state index is 12.2. The van der Waals surface area contributed by atoms with E-state index >= 15 is 0 Å². The summed E-state index contributed by atoms with van der Waals surface area (Å²) in [6.07, 6.45) is 0. The lowest BCUT2D eigenvalue weighted by Gasteiger charge is -2.24. The van der Waals surface area contributed by atoms with Gasteiger partial charge in [0.25, 0.3) is 5.69 Å². The first kappa shape index (κ1) is 15.1. The molecule has 1 saturated heterocycles. The number of halogens is 1. The molecule has 7 heteroatoms. The molecule has 0 aliphatic carbocycles. The Morgan fingerprint density at radius 1 is 1.23 bits per heavy atom. The van der Waals surface area contributed by atoms with E-state index in [9.17, 15) is 14.9 Å². The highest BCUT2D eigenvalue weighted by molar-refractivity contribution is 9.10. The summed E-state index contributed by atoms with van der Waals surface area (Å²) in [6.45, 7) is 0. The van der Waals surface area contributed by atoms with Crippen molar-refractivity contribution in [3.63, 3.8) is 0 Å². The van der Waals surface area contributed by atoms with Gasteiger partial charge in [-0.3, -0.25) is 19.8 Å². The Morgan fingerprint density at radius 2 is 1.95 bits per heavy atom. The van der Waals surface area contributed by atoms with Crippen molar-refractivity contribution in [2.45, 2.75) is 5.37 Å². The van der Waals surface area contributed by atoms with Gasteiger partial charge in [-0.05, 0) is 29.8 Å². The van der Waals surface area contributed by atoms with E-state index in [1.165, 1.54) is 23.9 Å². The zero-order chi connectivity index (χ0) is 15.7. The molecule has 1 unspecified atom stereocenters. The van der Waals surface area contributed by atoms with Gasteiger partial charge in [0.15, 0.2) is 0 Å². The van der Waals surface area contributed by atoms with E-state index in [0.717, 1.165) is 15.7 Å². The van der Waals surface area contributed by atoms with Gasteiger partial charge in [0.1, 0.15) is 5.37 Å². The van der Waals surface area contributed by atoms with Crippen molar-refractivity contribution in [2.75, 3.05) is 10.7 Å². The standard InChI is InChI=1S/C15H11BrN2O3S/c16-11-4-6-12(7-5-11)17-14(19)9-22-15(17)10-2-1-3-13(8-10)18(20)21/h1-8,15H,9H2. The van der Waals surface area contributed by atoms with Crippen LogP contribution in [0, 0.1) is 10.1 Å². The normalized spacial score (nSPS) is 17.8. The number of hydrogen-bond donors (Lipinski definition) is 0. The monoisotopic (exact) mass is 378 g/mol. The van der Waals surface area contributed by atoms with Crippen molar-refractivity contribution in [3.05, 3.63) is 68.7 Å². The van der Waals surface area contributed by atoms with Gasteiger partial charge in [-0.2, -0.15) is 0 Å². The Hall–Kier alpha value is -1.86. The zero-order valence-corrected chi connectivity index (χ0v) is 13.7. The Labute approximate surface area is 139 Å². The number of rotatable bonds is 3. The average molecular weight is 379 g/mol. The number of nitro groups is 1. The zero-order valence-electron chi connectivity index (χ0n) is 11.3. The van der Waals surface area contributed by atoms with E-state index in [1.54, 1.807) is 11.0 Å². The summed E-state index contributed by atoms with van der Waals surface area (Å²) in [7, 11) is 0. The quantitative estimate of drug-likeness (QED) is 0.594. The Kier molecular flexibility index (Phi) is 4.17. The molecule has 5 nitrogen and oxygen atoms in total. The highest BCUT2D eigenvalue weighted by atomic mass is 79.9. The van der Waals surface area contributed by atoms with Crippen LogP contribution in [-0.4, -0.2) is 16.6 Å². The van der Waals surface area contributed by atoms with E-state index in [1.807, 2.05) is 30.3 Å². The molecule has 1 aliphatic heterocycles. The third kappa shape index (κ3) is 2.86. The van der Waals surface area contributed by atoms with Crippen LogP contribution in [0.3, 0.4) is 0 Å². The van der Waals surface area contributed by atoms with Gasteiger partial charge in [0.2, 0.25) is 5.91 Å². The lowest BCUT2D eigenvalue weighted by molar-refractivity contribution is -0.384. The molecule has 2 aromatic carbocycles. The predicted molar refractivity (Wildman–Crippen MR) is 89.9 cm³/mol. The van der Waals surface area contributed by atoms with Gasteiger partial charge < -0.3 is 0 Å². The summed E-state index contributed by atoms with van der Waals surface area (Å²) in [5, 5.41) is 10.7. The van der Waals surface area contributed by atoms with Gasteiger partial charge in [0.05, 0.1) is 10.7 Å². The third-order valence-corrected chi connectivity index (χ3v) is 5.08. The van der Waals surface area contributed by atoms with E-state index in [-0.39, 0.29) is 17.0 Å². The van der Waals surface area contributed by atoms with Crippen LogP contribution in [0.4, 0.5) is 11.4 Å². The SMILES string of the molecule is O=C1CSC(c2cccc([N+](=O)[O-])c2)N1c1ccc(Br)cc1. The van der Waals surface area contributed by atoms with Crippen molar-refractivity contribution in [2.24, 2.45) is 0 Å². The lowest BCUT2D eigenvalue weighted by atomic mass is 10.1. The molecule has 0 N–H and O–H groups in total. The molecule has 0 saturated carbocycles. The Balaban J connectivity index is 1.98. The first-order valence-electron chi connectivity index (χ1n) is 6.50. The minimum Gasteiger partial charge on any atom is -0.295 e. The molecule has 0 aromatic heterocycles. The van der Waals surface area contributed by atoms with Crippen molar-refractivity contribution < 1.29 is 9.72 Å². The van der Waals surface area contributed by atoms with E-state index in [4.69, 9.17) is 0 Å². The van der Waals surface area contributed by atoms with Crippen LogP contribution in [0.15, 0.2) is 53.0 Å². The number of amides is 1. The third-order valence-electron chi connectivity index (χ3n) is 3.34. The second kappa shape index (κ2) is 6.10. The average Bonchev–Trinajstić information content (AvgIpc) is 2.90. The number of thioether (sulfide) groups is 1. The van der Waals surface area contributed by atoms with Gasteiger partial charge in [-0.1, -0.05) is 28.1 Å². The van der Waals surface area contributed by atoms with E-state index < -0.39 is 4.92 Å². The van der Waals surface area contributed by atoms with Crippen LogP contribution in [0.2, 0.25) is 0 Å². The van der Waals surface area contributed by atoms with Gasteiger partial charge in [-0.25, -0.2) is 0 Å². The molecule has 3 rings (SSSR count).